The smallest absolute Gasteiger partial charge is 0.408 e. The van der Waals surface area contributed by atoms with Gasteiger partial charge in [0, 0.05) is 6.54 Å². The number of aliphatic hydroxyl groups is 1. The van der Waals surface area contributed by atoms with Crippen molar-refractivity contribution in [2.24, 2.45) is 5.73 Å². The fourth-order valence-electron chi connectivity index (χ4n) is 1.90. The summed E-state index contributed by atoms with van der Waals surface area (Å²) in [6.45, 7) is 3.50. The Hall–Kier alpha value is -2.26. The van der Waals surface area contributed by atoms with Gasteiger partial charge in [0.05, 0.1) is 0 Å². The standard InChI is InChI=1S/C17H24F2N2O5/c1-16(2,3)26-15(24)21-13(17(18,19)12(22)9-20)14(23)25-10-11-7-5-4-6-8-11/h4-8,12-13,22H,9-10,20H2,1-3H3,(H,21,24). The molecule has 0 heterocycles. The zero-order chi connectivity index (χ0) is 20.0. The van der Waals surface area contributed by atoms with Crippen LogP contribution < -0.4 is 11.1 Å². The number of hydrogen-bond acceptors (Lipinski definition) is 6. The molecule has 0 bridgehead atoms. The molecule has 0 aliphatic heterocycles. The van der Waals surface area contributed by atoms with E-state index in [0.29, 0.717) is 5.56 Å². The molecular formula is C17H24F2N2O5. The second kappa shape index (κ2) is 8.91. The van der Waals surface area contributed by atoms with Crippen LogP contribution in [0.15, 0.2) is 30.3 Å². The number of rotatable bonds is 7. The number of alkyl carbamates (subject to hydrolysis) is 1. The average molecular weight is 374 g/mol. The number of benzene rings is 1. The van der Waals surface area contributed by atoms with Gasteiger partial charge >= 0.3 is 18.0 Å². The van der Waals surface area contributed by atoms with Gasteiger partial charge in [-0.05, 0) is 26.3 Å². The van der Waals surface area contributed by atoms with Crippen molar-refractivity contribution in [2.75, 3.05) is 6.54 Å². The number of amides is 1. The summed E-state index contributed by atoms with van der Waals surface area (Å²) in [5, 5.41) is 11.2. The third kappa shape index (κ3) is 6.57. The lowest BCUT2D eigenvalue weighted by atomic mass is 10.0. The Morgan fingerprint density at radius 3 is 2.31 bits per heavy atom. The molecule has 9 heteroatoms. The normalized spacial score (nSPS) is 14.3. The molecule has 1 aromatic rings. The SMILES string of the molecule is CC(C)(C)OC(=O)NC(C(=O)OCc1ccccc1)C(F)(F)C(O)CN. The molecule has 0 saturated carbocycles. The summed E-state index contributed by atoms with van der Waals surface area (Å²) in [5.41, 5.74) is 4.67. The van der Waals surface area contributed by atoms with Gasteiger partial charge in [0.25, 0.3) is 0 Å². The highest BCUT2D eigenvalue weighted by molar-refractivity contribution is 5.82. The van der Waals surface area contributed by atoms with Crippen LogP contribution in [-0.4, -0.2) is 47.4 Å². The van der Waals surface area contributed by atoms with Crippen molar-refractivity contribution >= 4 is 12.1 Å². The first-order valence-electron chi connectivity index (χ1n) is 7.93. The number of carbonyl (C=O) groups is 2. The Balaban J connectivity index is 2.92. The van der Waals surface area contributed by atoms with Gasteiger partial charge in [0.1, 0.15) is 18.3 Å². The molecule has 1 rings (SSSR count). The molecule has 1 amide bonds. The van der Waals surface area contributed by atoms with Crippen molar-refractivity contribution in [2.45, 2.75) is 51.0 Å². The van der Waals surface area contributed by atoms with Crippen molar-refractivity contribution in [3.63, 3.8) is 0 Å². The lowest BCUT2D eigenvalue weighted by molar-refractivity contribution is -0.172. The molecule has 1 aromatic carbocycles. The van der Waals surface area contributed by atoms with Gasteiger partial charge in [-0.25, -0.2) is 18.4 Å². The molecule has 0 aliphatic rings. The van der Waals surface area contributed by atoms with Gasteiger partial charge < -0.3 is 25.6 Å². The van der Waals surface area contributed by atoms with E-state index in [0.717, 1.165) is 0 Å². The average Bonchev–Trinajstić information content (AvgIpc) is 2.56. The highest BCUT2D eigenvalue weighted by atomic mass is 19.3. The van der Waals surface area contributed by atoms with Gasteiger partial charge in [-0.2, -0.15) is 0 Å². The number of esters is 1. The van der Waals surface area contributed by atoms with Crippen molar-refractivity contribution < 1.29 is 33.0 Å². The number of carbonyl (C=O) groups excluding carboxylic acids is 2. The summed E-state index contributed by atoms with van der Waals surface area (Å²) < 4.78 is 38.4. The van der Waals surface area contributed by atoms with E-state index in [1.54, 1.807) is 35.6 Å². The van der Waals surface area contributed by atoms with Crippen molar-refractivity contribution in [1.29, 1.82) is 0 Å². The molecule has 0 fully saturated rings. The zero-order valence-corrected chi connectivity index (χ0v) is 14.9. The van der Waals surface area contributed by atoms with E-state index >= 15 is 0 Å². The Labute approximate surface area is 150 Å². The Morgan fingerprint density at radius 2 is 1.81 bits per heavy atom. The molecule has 0 aliphatic carbocycles. The minimum Gasteiger partial charge on any atom is -0.459 e. The summed E-state index contributed by atoms with van der Waals surface area (Å²) in [6.07, 6.45) is -3.60. The van der Waals surface area contributed by atoms with E-state index in [1.165, 1.54) is 20.8 Å². The maximum Gasteiger partial charge on any atom is 0.408 e. The van der Waals surface area contributed by atoms with E-state index in [-0.39, 0.29) is 6.61 Å². The van der Waals surface area contributed by atoms with E-state index in [2.05, 4.69) is 0 Å². The topological polar surface area (TPSA) is 111 Å². The van der Waals surface area contributed by atoms with Crippen LogP contribution in [0, 0.1) is 0 Å². The summed E-state index contributed by atoms with van der Waals surface area (Å²) in [6, 6.07) is 5.93. The van der Waals surface area contributed by atoms with E-state index in [4.69, 9.17) is 15.2 Å². The molecule has 0 spiro atoms. The first kappa shape index (κ1) is 21.8. The number of alkyl halides is 2. The molecule has 2 atom stereocenters. The number of nitrogens with two attached hydrogens (primary N) is 1. The number of aliphatic hydroxyl groups excluding tert-OH is 1. The molecule has 0 saturated heterocycles. The third-order valence-corrected chi connectivity index (χ3v) is 3.17. The zero-order valence-electron chi connectivity index (χ0n) is 14.9. The van der Waals surface area contributed by atoms with Gasteiger partial charge in [0.2, 0.25) is 0 Å². The Kier molecular flexibility index (Phi) is 7.46. The summed E-state index contributed by atoms with van der Waals surface area (Å²) in [4.78, 5) is 24.0. The van der Waals surface area contributed by atoms with Crippen LogP contribution in [0.1, 0.15) is 26.3 Å². The van der Waals surface area contributed by atoms with Crippen LogP contribution in [0.5, 0.6) is 0 Å². The van der Waals surface area contributed by atoms with Crippen LogP contribution in [0.3, 0.4) is 0 Å². The first-order chi connectivity index (χ1) is 12.0. The predicted octanol–water partition coefficient (Wildman–Crippen LogP) is 1.58. The quantitative estimate of drug-likeness (QED) is 0.625. The molecule has 2 unspecified atom stereocenters. The highest BCUT2D eigenvalue weighted by Gasteiger charge is 2.52. The molecule has 146 valence electrons. The van der Waals surface area contributed by atoms with Crippen LogP contribution in [0.2, 0.25) is 0 Å². The largest absolute Gasteiger partial charge is 0.459 e. The predicted molar refractivity (Wildman–Crippen MR) is 89.4 cm³/mol. The second-order valence-corrected chi connectivity index (χ2v) is 6.60. The number of nitrogens with one attached hydrogen (secondary N) is 1. The molecule has 7 nitrogen and oxygen atoms in total. The highest BCUT2D eigenvalue weighted by Crippen LogP contribution is 2.25. The lowest BCUT2D eigenvalue weighted by Crippen LogP contribution is -2.60. The third-order valence-electron chi connectivity index (χ3n) is 3.17. The maximum absolute atomic E-state index is 14.4. The Morgan fingerprint density at radius 1 is 1.23 bits per heavy atom. The summed E-state index contributed by atoms with van der Waals surface area (Å²) >= 11 is 0. The van der Waals surface area contributed by atoms with Crippen LogP contribution in [0.25, 0.3) is 0 Å². The monoisotopic (exact) mass is 374 g/mol. The first-order valence-corrected chi connectivity index (χ1v) is 7.93. The number of hydrogen-bond donors (Lipinski definition) is 3. The molecule has 26 heavy (non-hydrogen) atoms. The van der Waals surface area contributed by atoms with Crippen LogP contribution in [0.4, 0.5) is 13.6 Å². The fraction of sp³-hybridized carbons (Fsp3) is 0.529. The fourth-order valence-corrected chi connectivity index (χ4v) is 1.90. The van der Waals surface area contributed by atoms with E-state index in [9.17, 15) is 23.5 Å². The van der Waals surface area contributed by atoms with Gasteiger partial charge in [-0.1, -0.05) is 30.3 Å². The minimum absolute atomic E-state index is 0.277. The van der Waals surface area contributed by atoms with Crippen molar-refractivity contribution in [3.8, 4) is 0 Å². The summed E-state index contributed by atoms with van der Waals surface area (Å²) in [5.74, 6) is -5.48. The summed E-state index contributed by atoms with van der Waals surface area (Å²) in [7, 11) is 0. The van der Waals surface area contributed by atoms with E-state index in [1.807, 2.05) is 0 Å². The minimum atomic E-state index is -4.06. The molecular weight excluding hydrogens is 350 g/mol. The molecule has 0 radical (unpaired) electrons. The number of halogens is 2. The maximum atomic E-state index is 14.4. The van der Waals surface area contributed by atoms with Gasteiger partial charge in [0.15, 0.2) is 6.04 Å². The lowest BCUT2D eigenvalue weighted by Gasteiger charge is -2.30. The van der Waals surface area contributed by atoms with Crippen molar-refractivity contribution in [3.05, 3.63) is 35.9 Å². The van der Waals surface area contributed by atoms with Crippen LogP contribution >= 0.6 is 0 Å². The van der Waals surface area contributed by atoms with E-state index < -0.39 is 42.3 Å². The van der Waals surface area contributed by atoms with Crippen molar-refractivity contribution in [1.82, 2.24) is 5.32 Å². The molecule has 0 aromatic heterocycles. The molecule has 4 N–H and O–H groups in total. The number of ether oxygens (including phenoxy) is 2. The Bertz CT molecular complexity index is 605. The van der Waals surface area contributed by atoms with Gasteiger partial charge in [-0.3, -0.25) is 0 Å². The van der Waals surface area contributed by atoms with Gasteiger partial charge in [-0.15, -0.1) is 0 Å². The second-order valence-electron chi connectivity index (χ2n) is 6.60. The van der Waals surface area contributed by atoms with Crippen LogP contribution in [-0.2, 0) is 20.9 Å².